The summed E-state index contributed by atoms with van der Waals surface area (Å²) in [5, 5.41) is 14.1. The van der Waals surface area contributed by atoms with Crippen molar-refractivity contribution in [3.63, 3.8) is 0 Å². The van der Waals surface area contributed by atoms with Gasteiger partial charge in [0.05, 0.1) is 31.7 Å². The Bertz CT molecular complexity index is 1210. The quantitative estimate of drug-likeness (QED) is 0.635. The number of sulfonamides is 1. The van der Waals surface area contributed by atoms with Crippen LogP contribution in [0.2, 0.25) is 0 Å². The van der Waals surface area contributed by atoms with Crippen LogP contribution in [0.1, 0.15) is 52.3 Å². The summed E-state index contributed by atoms with van der Waals surface area (Å²) in [6, 6.07) is 0.0912. The SMILES string of the molecule is C[C@H]1C[C@@]2(CCN1Cc1cnn(C3CN(S(C)(=O)=O)C3)c1)OCCc1c2sc(C(F)(F)F)c1CO. The number of aliphatic hydroxyl groups is 1. The van der Waals surface area contributed by atoms with Crippen molar-refractivity contribution in [3.05, 3.63) is 38.8 Å². The molecule has 2 fully saturated rings. The number of fused-ring (bicyclic) bond motifs is 2. The number of ether oxygens (including phenoxy) is 1. The monoisotopic (exact) mass is 534 g/mol. The molecule has 8 nitrogen and oxygen atoms in total. The minimum absolute atomic E-state index is 0.00750. The zero-order chi connectivity index (χ0) is 25.2. The highest BCUT2D eigenvalue weighted by atomic mass is 32.2. The molecule has 3 aliphatic rings. The van der Waals surface area contributed by atoms with E-state index in [1.165, 1.54) is 10.6 Å². The molecule has 2 aromatic heterocycles. The number of aliphatic hydroxyl groups excluding tert-OH is 1. The highest BCUT2D eigenvalue weighted by Gasteiger charge is 2.48. The minimum Gasteiger partial charge on any atom is -0.392 e. The van der Waals surface area contributed by atoms with Crippen LogP contribution in [0.4, 0.5) is 13.2 Å². The second kappa shape index (κ2) is 8.80. The number of alkyl halides is 3. The van der Waals surface area contributed by atoms with Gasteiger partial charge in [-0.1, -0.05) is 0 Å². The molecule has 194 valence electrons. The minimum atomic E-state index is -4.49. The number of hydrogen-bond donors (Lipinski definition) is 1. The van der Waals surface area contributed by atoms with E-state index in [4.69, 9.17) is 4.74 Å². The average Bonchev–Trinajstić information content (AvgIpc) is 3.33. The number of nitrogens with zero attached hydrogens (tertiary/aromatic N) is 4. The summed E-state index contributed by atoms with van der Waals surface area (Å²) in [6.45, 7) is 3.92. The summed E-state index contributed by atoms with van der Waals surface area (Å²) in [7, 11) is -3.18. The Morgan fingerprint density at radius 2 is 2.09 bits per heavy atom. The Morgan fingerprint density at radius 3 is 2.71 bits per heavy atom. The molecule has 5 heterocycles. The highest BCUT2D eigenvalue weighted by molar-refractivity contribution is 7.88. The second-order valence-corrected chi connectivity index (χ2v) is 12.8. The normalized spacial score (nSPS) is 26.7. The molecule has 35 heavy (non-hydrogen) atoms. The molecule has 3 aliphatic heterocycles. The summed E-state index contributed by atoms with van der Waals surface area (Å²) in [5.41, 5.74) is 0.871. The second-order valence-electron chi connectivity index (χ2n) is 9.80. The van der Waals surface area contributed by atoms with E-state index in [1.54, 1.807) is 6.20 Å². The molecule has 5 rings (SSSR count). The van der Waals surface area contributed by atoms with Crippen LogP contribution in [0, 0.1) is 0 Å². The van der Waals surface area contributed by atoms with Crippen LogP contribution in [0.5, 0.6) is 0 Å². The lowest BCUT2D eigenvalue weighted by Crippen LogP contribution is -2.50. The maximum absolute atomic E-state index is 13.6. The van der Waals surface area contributed by atoms with Gasteiger partial charge in [-0.3, -0.25) is 9.58 Å². The maximum Gasteiger partial charge on any atom is 0.425 e. The van der Waals surface area contributed by atoms with Crippen LogP contribution in [0.15, 0.2) is 12.4 Å². The summed E-state index contributed by atoms with van der Waals surface area (Å²) in [4.78, 5) is 2.20. The van der Waals surface area contributed by atoms with Gasteiger partial charge < -0.3 is 9.84 Å². The van der Waals surface area contributed by atoms with Crippen molar-refractivity contribution in [1.82, 2.24) is 19.0 Å². The fourth-order valence-electron chi connectivity index (χ4n) is 5.52. The Labute approximate surface area is 206 Å². The number of likely N-dealkylation sites (tertiary alicyclic amines) is 1. The largest absolute Gasteiger partial charge is 0.425 e. The van der Waals surface area contributed by atoms with Crippen molar-refractivity contribution in [2.75, 3.05) is 32.5 Å². The third-order valence-electron chi connectivity index (χ3n) is 7.44. The Hall–Kier alpha value is -1.51. The van der Waals surface area contributed by atoms with Crippen LogP contribution in [0.3, 0.4) is 0 Å². The molecule has 0 aromatic carbocycles. The lowest BCUT2D eigenvalue weighted by molar-refractivity contribution is -0.135. The molecule has 13 heteroatoms. The predicted molar refractivity (Wildman–Crippen MR) is 123 cm³/mol. The number of piperidine rings is 1. The van der Waals surface area contributed by atoms with E-state index in [-0.39, 0.29) is 17.6 Å². The first-order chi connectivity index (χ1) is 16.4. The smallest absolute Gasteiger partial charge is 0.392 e. The van der Waals surface area contributed by atoms with Crippen molar-refractivity contribution in [2.24, 2.45) is 0 Å². The molecule has 0 aliphatic carbocycles. The van der Waals surface area contributed by atoms with Gasteiger partial charge in [0.25, 0.3) is 0 Å². The van der Waals surface area contributed by atoms with Gasteiger partial charge >= 0.3 is 6.18 Å². The van der Waals surface area contributed by atoms with Crippen molar-refractivity contribution >= 4 is 21.4 Å². The lowest BCUT2D eigenvalue weighted by Gasteiger charge is -2.47. The molecular weight excluding hydrogens is 505 g/mol. The van der Waals surface area contributed by atoms with Gasteiger partial charge in [0, 0.05) is 54.4 Å². The first-order valence-electron chi connectivity index (χ1n) is 11.6. The Kier molecular flexibility index (Phi) is 6.33. The summed E-state index contributed by atoms with van der Waals surface area (Å²) >= 11 is 0.735. The molecule has 1 N–H and O–H groups in total. The number of halogens is 3. The maximum atomic E-state index is 13.6. The highest BCUT2D eigenvalue weighted by Crippen LogP contribution is 2.51. The van der Waals surface area contributed by atoms with E-state index >= 15 is 0 Å². The van der Waals surface area contributed by atoms with Crippen LogP contribution >= 0.6 is 11.3 Å². The number of hydrogen-bond acceptors (Lipinski definition) is 7. The molecule has 0 amide bonds. The van der Waals surface area contributed by atoms with Crippen molar-refractivity contribution in [3.8, 4) is 0 Å². The van der Waals surface area contributed by atoms with Crippen molar-refractivity contribution in [2.45, 2.75) is 63.2 Å². The van der Waals surface area contributed by atoms with Gasteiger partial charge in [-0.25, -0.2) is 8.42 Å². The van der Waals surface area contributed by atoms with E-state index < -0.39 is 33.3 Å². The molecule has 0 saturated carbocycles. The molecule has 2 atom stereocenters. The first kappa shape index (κ1) is 25.2. The number of rotatable bonds is 5. The van der Waals surface area contributed by atoms with Gasteiger partial charge in [-0.05, 0) is 31.7 Å². The van der Waals surface area contributed by atoms with Crippen LogP contribution in [-0.2, 0) is 46.1 Å². The third-order valence-corrected chi connectivity index (χ3v) is 10.2. The van der Waals surface area contributed by atoms with E-state index in [9.17, 15) is 26.7 Å². The molecular formula is C22H29F3N4O4S2. The zero-order valence-electron chi connectivity index (χ0n) is 19.6. The standard InChI is InChI=1S/C22H29F3N4O4S2/c1-14-7-21(19-17(3-6-33-21)18(13-30)20(34-19)22(23,24)25)4-5-27(14)9-15-8-26-29(10-15)16-11-28(12-16)35(2,31)32/h8,10,14,16,30H,3-7,9,11-13H2,1-2H3/t14-,21+/m0/s1. The molecule has 0 unspecified atom stereocenters. The topological polar surface area (TPSA) is 87.9 Å². The Balaban J connectivity index is 1.28. The first-order valence-corrected chi connectivity index (χ1v) is 14.3. The Morgan fingerprint density at radius 1 is 1.34 bits per heavy atom. The van der Waals surface area contributed by atoms with Crippen LogP contribution < -0.4 is 0 Å². The van der Waals surface area contributed by atoms with Crippen LogP contribution in [0.25, 0.3) is 0 Å². The fraction of sp³-hybridized carbons (Fsp3) is 0.682. The summed E-state index contributed by atoms with van der Waals surface area (Å²) in [6.07, 6.45) is 1.97. The van der Waals surface area contributed by atoms with Gasteiger partial charge in [0.1, 0.15) is 10.5 Å². The van der Waals surface area contributed by atoms with Crippen molar-refractivity contribution in [1.29, 1.82) is 0 Å². The molecule has 0 radical (unpaired) electrons. The predicted octanol–water partition coefficient (Wildman–Crippen LogP) is 2.72. The van der Waals surface area contributed by atoms with E-state index in [0.29, 0.717) is 62.5 Å². The van der Waals surface area contributed by atoms with Gasteiger partial charge in [-0.15, -0.1) is 11.3 Å². The van der Waals surface area contributed by atoms with Gasteiger partial charge in [0.2, 0.25) is 10.0 Å². The molecule has 0 bridgehead atoms. The fourth-order valence-corrected chi connectivity index (χ4v) is 7.81. The van der Waals surface area contributed by atoms with Crippen molar-refractivity contribution < 1.29 is 31.4 Å². The summed E-state index contributed by atoms with van der Waals surface area (Å²) in [5.74, 6) is 0. The van der Waals surface area contributed by atoms with E-state index in [0.717, 1.165) is 16.9 Å². The number of thiophene rings is 1. The number of aromatic nitrogens is 2. The molecule has 2 saturated heterocycles. The van der Waals surface area contributed by atoms with Gasteiger partial charge in [-0.2, -0.15) is 22.6 Å². The van der Waals surface area contributed by atoms with Gasteiger partial charge in [0.15, 0.2) is 0 Å². The lowest BCUT2D eigenvalue weighted by atomic mass is 9.81. The summed E-state index contributed by atoms with van der Waals surface area (Å²) < 4.78 is 73.5. The van der Waals surface area contributed by atoms with E-state index in [2.05, 4.69) is 16.9 Å². The average molecular weight is 535 g/mol. The molecule has 1 spiro atoms. The molecule has 2 aromatic rings. The third kappa shape index (κ3) is 4.55. The van der Waals surface area contributed by atoms with Crippen LogP contribution in [-0.4, -0.2) is 71.0 Å². The van der Waals surface area contributed by atoms with E-state index in [1.807, 2.05) is 10.9 Å². The zero-order valence-corrected chi connectivity index (χ0v) is 21.2.